The topological polar surface area (TPSA) is 98.2 Å². The van der Waals surface area contributed by atoms with Gasteiger partial charge in [0.1, 0.15) is 12.0 Å². The summed E-state index contributed by atoms with van der Waals surface area (Å²) in [6, 6.07) is 4.90. The predicted molar refractivity (Wildman–Crippen MR) is 86.9 cm³/mol. The first kappa shape index (κ1) is 18.1. The first-order chi connectivity index (χ1) is 13.4. The van der Waals surface area contributed by atoms with E-state index in [2.05, 4.69) is 24.8 Å². The van der Waals surface area contributed by atoms with E-state index in [0.29, 0.717) is 13.1 Å². The molecule has 0 unspecified atom stereocenters. The Morgan fingerprint density at radius 3 is 2.82 bits per heavy atom. The van der Waals surface area contributed by atoms with Crippen molar-refractivity contribution in [2.75, 3.05) is 13.1 Å². The maximum absolute atomic E-state index is 12.7. The van der Waals surface area contributed by atoms with Crippen molar-refractivity contribution in [2.45, 2.75) is 24.9 Å². The van der Waals surface area contributed by atoms with Crippen molar-refractivity contribution in [2.24, 2.45) is 0 Å². The van der Waals surface area contributed by atoms with Crippen LogP contribution in [0.25, 0.3) is 11.5 Å². The van der Waals surface area contributed by atoms with Crippen molar-refractivity contribution in [1.82, 2.24) is 25.2 Å². The van der Waals surface area contributed by atoms with E-state index in [1.54, 1.807) is 17.0 Å². The molecule has 8 nitrogen and oxygen atoms in total. The van der Waals surface area contributed by atoms with Gasteiger partial charge in [0.15, 0.2) is 5.69 Å². The lowest BCUT2D eigenvalue weighted by molar-refractivity contribution is -0.159. The quantitative estimate of drug-likeness (QED) is 0.674. The summed E-state index contributed by atoms with van der Waals surface area (Å²) in [5.74, 6) is -1.88. The highest BCUT2D eigenvalue weighted by atomic mass is 19.4. The molecule has 1 aliphatic heterocycles. The highest BCUT2D eigenvalue weighted by Crippen LogP contribution is 2.31. The van der Waals surface area contributed by atoms with E-state index in [1.165, 1.54) is 18.5 Å². The van der Waals surface area contributed by atoms with Gasteiger partial charge in [0, 0.05) is 31.3 Å². The van der Waals surface area contributed by atoms with Gasteiger partial charge in [-0.2, -0.15) is 18.2 Å². The Balaban J connectivity index is 1.54. The van der Waals surface area contributed by atoms with Crippen molar-refractivity contribution in [3.05, 3.63) is 47.8 Å². The van der Waals surface area contributed by atoms with Gasteiger partial charge in [0.25, 0.3) is 5.91 Å². The summed E-state index contributed by atoms with van der Waals surface area (Å²) in [5.41, 5.74) is 1.25. The lowest BCUT2D eigenvalue weighted by Crippen LogP contribution is -2.39. The van der Waals surface area contributed by atoms with Gasteiger partial charge in [0.05, 0.1) is 0 Å². The number of aromatic nitrogens is 4. The van der Waals surface area contributed by atoms with E-state index in [9.17, 15) is 18.0 Å². The second-order valence-corrected chi connectivity index (χ2v) is 6.37. The van der Waals surface area contributed by atoms with E-state index in [1.807, 2.05) is 0 Å². The van der Waals surface area contributed by atoms with E-state index in [4.69, 9.17) is 4.52 Å². The van der Waals surface area contributed by atoms with Crippen LogP contribution in [0.1, 0.15) is 40.7 Å². The molecule has 1 aliphatic rings. The molecule has 146 valence electrons. The number of carbonyl (C=O) groups is 1. The third-order valence-electron chi connectivity index (χ3n) is 4.52. The summed E-state index contributed by atoms with van der Waals surface area (Å²) in [7, 11) is 0. The summed E-state index contributed by atoms with van der Waals surface area (Å²) in [6.07, 6.45) is -0.288. The van der Waals surface area contributed by atoms with Gasteiger partial charge in [0.2, 0.25) is 5.82 Å². The fraction of sp³-hybridized carbons (Fsp3) is 0.353. The third-order valence-corrected chi connectivity index (χ3v) is 4.52. The standard InChI is InChI=1S/C17H14F3N5O3/c18-17(19,20)16-22-14(24-28-16)13-8-10(3-5-21-13)11-2-1-6-25(9-11)15(26)12-4-7-27-23-12/h3-5,7-8,11H,1-2,6,9H2/t11-/m1/s1. The van der Waals surface area contributed by atoms with Gasteiger partial charge in [-0.05, 0) is 30.5 Å². The SMILES string of the molecule is O=C(c1ccon1)N1CCC[C@@H](c2ccnc(-c3noc(C(F)(F)F)n3)c2)C1. The second kappa shape index (κ2) is 7.06. The van der Waals surface area contributed by atoms with Gasteiger partial charge >= 0.3 is 12.1 Å². The number of amides is 1. The number of carbonyl (C=O) groups excluding carboxylic acids is 1. The van der Waals surface area contributed by atoms with Gasteiger partial charge in [-0.25, -0.2) is 0 Å². The van der Waals surface area contributed by atoms with Crippen molar-refractivity contribution in [1.29, 1.82) is 0 Å². The predicted octanol–water partition coefficient (Wildman–Crippen LogP) is 3.16. The maximum atomic E-state index is 12.7. The third kappa shape index (κ3) is 3.59. The Kier molecular flexibility index (Phi) is 4.57. The lowest BCUT2D eigenvalue weighted by atomic mass is 9.90. The van der Waals surface area contributed by atoms with Gasteiger partial charge in [-0.1, -0.05) is 10.3 Å². The Morgan fingerprint density at radius 1 is 1.25 bits per heavy atom. The first-order valence-electron chi connectivity index (χ1n) is 8.48. The summed E-state index contributed by atoms with van der Waals surface area (Å²) in [6.45, 7) is 1.05. The zero-order valence-corrected chi connectivity index (χ0v) is 14.4. The maximum Gasteiger partial charge on any atom is 0.471 e. The second-order valence-electron chi connectivity index (χ2n) is 6.37. The minimum Gasteiger partial charge on any atom is -0.364 e. The number of nitrogens with zero attached hydrogens (tertiary/aromatic N) is 5. The van der Waals surface area contributed by atoms with Crippen LogP contribution in [-0.2, 0) is 6.18 Å². The minimum absolute atomic E-state index is 0.000313. The number of pyridine rings is 1. The molecule has 0 saturated carbocycles. The number of hydrogen-bond donors (Lipinski definition) is 0. The average molecular weight is 393 g/mol. The molecule has 3 aromatic rings. The Bertz CT molecular complexity index is 971. The molecule has 11 heteroatoms. The number of rotatable bonds is 3. The van der Waals surface area contributed by atoms with E-state index >= 15 is 0 Å². The molecule has 0 bridgehead atoms. The number of piperidine rings is 1. The smallest absolute Gasteiger partial charge is 0.364 e. The zero-order valence-electron chi connectivity index (χ0n) is 14.4. The van der Waals surface area contributed by atoms with Crippen LogP contribution in [-0.4, -0.2) is 44.2 Å². The fourth-order valence-electron chi connectivity index (χ4n) is 3.18. The molecule has 0 aliphatic carbocycles. The van der Waals surface area contributed by atoms with Crippen molar-refractivity contribution >= 4 is 5.91 Å². The molecule has 1 saturated heterocycles. The molecule has 28 heavy (non-hydrogen) atoms. The minimum atomic E-state index is -4.71. The van der Waals surface area contributed by atoms with Crippen molar-refractivity contribution in [3.63, 3.8) is 0 Å². The Morgan fingerprint density at radius 2 is 2.11 bits per heavy atom. The van der Waals surface area contributed by atoms with Crippen LogP contribution in [0.5, 0.6) is 0 Å². The molecule has 4 heterocycles. The normalized spacial score (nSPS) is 17.7. The van der Waals surface area contributed by atoms with Crippen molar-refractivity contribution in [3.8, 4) is 11.5 Å². The summed E-state index contributed by atoms with van der Waals surface area (Å²) >= 11 is 0. The monoisotopic (exact) mass is 393 g/mol. The number of alkyl halides is 3. The summed E-state index contributed by atoms with van der Waals surface area (Å²) in [5, 5.41) is 7.03. The van der Waals surface area contributed by atoms with E-state index in [0.717, 1.165) is 18.4 Å². The lowest BCUT2D eigenvalue weighted by Gasteiger charge is -2.32. The van der Waals surface area contributed by atoms with Crippen LogP contribution in [0.4, 0.5) is 13.2 Å². The molecule has 0 spiro atoms. The summed E-state index contributed by atoms with van der Waals surface area (Å²) < 4.78 is 47.0. The molecule has 3 aromatic heterocycles. The van der Waals surface area contributed by atoms with Crippen LogP contribution in [0.2, 0.25) is 0 Å². The number of halogens is 3. The largest absolute Gasteiger partial charge is 0.471 e. The molecule has 1 atom stereocenters. The Labute approximate surface area is 156 Å². The van der Waals surface area contributed by atoms with Crippen molar-refractivity contribution < 1.29 is 27.0 Å². The van der Waals surface area contributed by atoms with Gasteiger partial charge < -0.3 is 13.9 Å². The molecular weight excluding hydrogens is 379 g/mol. The first-order valence-corrected chi connectivity index (χ1v) is 8.48. The van der Waals surface area contributed by atoms with Crippen LogP contribution in [0, 0.1) is 0 Å². The van der Waals surface area contributed by atoms with Crippen LogP contribution in [0.15, 0.2) is 39.7 Å². The zero-order chi connectivity index (χ0) is 19.7. The molecule has 1 amide bonds. The van der Waals surface area contributed by atoms with E-state index < -0.39 is 12.1 Å². The average Bonchev–Trinajstić information content (AvgIpc) is 3.39. The van der Waals surface area contributed by atoms with Gasteiger partial charge in [-0.15, -0.1) is 0 Å². The molecule has 0 aromatic carbocycles. The molecular formula is C17H14F3N5O3. The van der Waals surface area contributed by atoms with Gasteiger partial charge in [-0.3, -0.25) is 9.78 Å². The van der Waals surface area contributed by atoms with E-state index in [-0.39, 0.29) is 29.0 Å². The molecule has 0 radical (unpaired) electrons. The summed E-state index contributed by atoms with van der Waals surface area (Å²) in [4.78, 5) is 21.6. The van der Waals surface area contributed by atoms with Crippen LogP contribution >= 0.6 is 0 Å². The van der Waals surface area contributed by atoms with Crippen LogP contribution in [0.3, 0.4) is 0 Å². The fourth-order valence-corrected chi connectivity index (χ4v) is 3.18. The Hall–Kier alpha value is -3.24. The molecule has 1 fully saturated rings. The number of hydrogen-bond acceptors (Lipinski definition) is 7. The number of likely N-dealkylation sites (tertiary alicyclic amines) is 1. The molecule has 4 rings (SSSR count). The highest BCUT2D eigenvalue weighted by Gasteiger charge is 2.38. The van der Waals surface area contributed by atoms with Crippen LogP contribution < -0.4 is 0 Å². The highest BCUT2D eigenvalue weighted by molar-refractivity contribution is 5.92. The molecule has 0 N–H and O–H groups in total.